The lowest BCUT2D eigenvalue weighted by molar-refractivity contribution is -0.127. The minimum Gasteiger partial charge on any atom is -0.393 e. The van der Waals surface area contributed by atoms with Gasteiger partial charge in [0.25, 0.3) is 0 Å². The van der Waals surface area contributed by atoms with Crippen molar-refractivity contribution in [2.45, 2.75) is 50.9 Å². The Labute approximate surface area is 118 Å². The van der Waals surface area contributed by atoms with Crippen molar-refractivity contribution >= 4 is 0 Å². The third kappa shape index (κ3) is 5.22. The van der Waals surface area contributed by atoms with Crippen LogP contribution in [-0.4, -0.2) is 54.5 Å². The summed E-state index contributed by atoms with van der Waals surface area (Å²) in [6, 6.07) is -0.123. The van der Waals surface area contributed by atoms with Gasteiger partial charge in [-0.2, -0.15) is 13.2 Å². The topological polar surface area (TPSA) is 35.5 Å². The van der Waals surface area contributed by atoms with Crippen LogP contribution in [0.15, 0.2) is 0 Å². The van der Waals surface area contributed by atoms with Crippen LogP contribution < -0.4 is 5.32 Å². The third-order valence-corrected chi connectivity index (χ3v) is 4.39. The molecule has 0 aromatic carbocycles. The predicted octanol–water partition coefficient (Wildman–Crippen LogP) is 2.01. The van der Waals surface area contributed by atoms with E-state index in [1.807, 2.05) is 6.92 Å². The molecule has 2 rings (SSSR count). The molecule has 0 amide bonds. The number of nitrogens with zero attached hydrogens (tertiary/aromatic N) is 1. The van der Waals surface area contributed by atoms with Crippen LogP contribution in [0, 0.1) is 11.8 Å². The zero-order valence-corrected chi connectivity index (χ0v) is 12.0. The Morgan fingerprint density at radius 3 is 2.55 bits per heavy atom. The van der Waals surface area contributed by atoms with Crippen LogP contribution in [0.2, 0.25) is 0 Å². The zero-order chi connectivity index (χ0) is 14.8. The van der Waals surface area contributed by atoms with E-state index in [1.54, 1.807) is 0 Å². The zero-order valence-electron chi connectivity index (χ0n) is 12.0. The number of hydrogen-bond donors (Lipinski definition) is 2. The number of nitrogens with one attached hydrogen (secondary N) is 1. The molecule has 0 aromatic heterocycles. The normalized spacial score (nSPS) is 30.4. The summed E-state index contributed by atoms with van der Waals surface area (Å²) >= 11 is 0. The van der Waals surface area contributed by atoms with Crippen LogP contribution in [0.3, 0.4) is 0 Å². The first-order valence-corrected chi connectivity index (χ1v) is 7.58. The highest BCUT2D eigenvalue weighted by atomic mass is 19.4. The summed E-state index contributed by atoms with van der Waals surface area (Å²) in [6.07, 6.45) is -0.762. The van der Waals surface area contributed by atoms with Crippen LogP contribution in [0.5, 0.6) is 0 Å². The number of hydrogen-bond acceptors (Lipinski definition) is 3. The predicted molar refractivity (Wildman–Crippen MR) is 71.4 cm³/mol. The molecule has 2 aliphatic rings. The van der Waals surface area contributed by atoms with Crippen molar-refractivity contribution in [3.63, 3.8) is 0 Å². The number of likely N-dealkylation sites (tertiary alicyclic amines) is 1. The number of aliphatic hydroxyl groups excluding tert-OH is 1. The van der Waals surface area contributed by atoms with E-state index in [0.29, 0.717) is 18.4 Å². The molecular formula is C14H25F3N2O. The molecule has 20 heavy (non-hydrogen) atoms. The molecule has 0 bridgehead atoms. The highest BCUT2D eigenvalue weighted by Crippen LogP contribution is 2.36. The molecule has 1 saturated heterocycles. The summed E-state index contributed by atoms with van der Waals surface area (Å²) in [4.78, 5) is 2.18. The fourth-order valence-electron chi connectivity index (χ4n) is 3.15. The smallest absolute Gasteiger partial charge is 0.393 e. The van der Waals surface area contributed by atoms with Crippen LogP contribution in [0.1, 0.15) is 32.6 Å². The average Bonchev–Trinajstić information content (AvgIpc) is 3.19. The van der Waals surface area contributed by atoms with E-state index >= 15 is 0 Å². The summed E-state index contributed by atoms with van der Waals surface area (Å²) in [6.45, 7) is 3.51. The van der Waals surface area contributed by atoms with E-state index < -0.39 is 12.7 Å². The molecule has 3 atom stereocenters. The van der Waals surface area contributed by atoms with Crippen molar-refractivity contribution in [1.29, 1.82) is 0 Å². The summed E-state index contributed by atoms with van der Waals surface area (Å²) in [5, 5.41) is 12.7. The van der Waals surface area contributed by atoms with Gasteiger partial charge in [0.05, 0.1) is 12.6 Å². The molecule has 6 heteroatoms. The van der Waals surface area contributed by atoms with E-state index in [1.165, 1.54) is 0 Å². The first kappa shape index (κ1) is 16.0. The second kappa shape index (κ2) is 6.62. The molecule has 3 nitrogen and oxygen atoms in total. The number of halogens is 3. The van der Waals surface area contributed by atoms with Gasteiger partial charge in [-0.1, -0.05) is 6.92 Å². The molecule has 0 radical (unpaired) electrons. The number of likely N-dealkylation sites (N-methyl/N-ethyl adjacent to an activating group) is 1. The molecule has 118 valence electrons. The Kier molecular flexibility index (Phi) is 5.31. The van der Waals surface area contributed by atoms with Gasteiger partial charge in [0.15, 0.2) is 0 Å². The van der Waals surface area contributed by atoms with Gasteiger partial charge in [-0.25, -0.2) is 0 Å². The van der Waals surface area contributed by atoms with Crippen molar-refractivity contribution in [2.24, 2.45) is 11.8 Å². The van der Waals surface area contributed by atoms with Gasteiger partial charge < -0.3 is 15.3 Å². The van der Waals surface area contributed by atoms with Crippen molar-refractivity contribution in [1.82, 2.24) is 10.2 Å². The number of piperidine rings is 1. The fourth-order valence-corrected chi connectivity index (χ4v) is 3.15. The lowest BCUT2D eigenvalue weighted by Gasteiger charge is -2.38. The lowest BCUT2D eigenvalue weighted by Crippen LogP contribution is -2.51. The fraction of sp³-hybridized carbons (Fsp3) is 1.00. The molecule has 0 spiro atoms. The summed E-state index contributed by atoms with van der Waals surface area (Å²) in [7, 11) is 0. The van der Waals surface area contributed by atoms with Crippen LogP contribution in [-0.2, 0) is 0 Å². The van der Waals surface area contributed by atoms with E-state index in [9.17, 15) is 18.3 Å². The highest BCUT2D eigenvalue weighted by molar-refractivity contribution is 4.88. The molecule has 2 fully saturated rings. The molecule has 3 unspecified atom stereocenters. The summed E-state index contributed by atoms with van der Waals surface area (Å²) in [5.74, 6) is 0.735. The molecule has 1 aliphatic carbocycles. The van der Waals surface area contributed by atoms with Crippen molar-refractivity contribution in [3.8, 4) is 0 Å². The van der Waals surface area contributed by atoms with Gasteiger partial charge in [0.2, 0.25) is 0 Å². The maximum atomic E-state index is 12.3. The average molecular weight is 294 g/mol. The largest absolute Gasteiger partial charge is 0.401 e. The van der Waals surface area contributed by atoms with E-state index in [0.717, 1.165) is 38.8 Å². The van der Waals surface area contributed by atoms with Crippen molar-refractivity contribution in [3.05, 3.63) is 0 Å². The molecule has 1 saturated carbocycles. The van der Waals surface area contributed by atoms with Crippen molar-refractivity contribution < 1.29 is 18.3 Å². The van der Waals surface area contributed by atoms with Gasteiger partial charge in [0.1, 0.15) is 0 Å². The maximum Gasteiger partial charge on any atom is 0.401 e. The Balaban J connectivity index is 1.82. The van der Waals surface area contributed by atoms with Gasteiger partial charge in [-0.15, -0.1) is 0 Å². The van der Waals surface area contributed by atoms with E-state index in [2.05, 4.69) is 10.2 Å². The Morgan fingerprint density at radius 2 is 2.00 bits per heavy atom. The van der Waals surface area contributed by atoms with Gasteiger partial charge >= 0.3 is 6.18 Å². The Bertz CT molecular complexity index is 307. The second-order valence-electron chi connectivity index (χ2n) is 6.29. The molecular weight excluding hydrogens is 269 g/mol. The Morgan fingerprint density at radius 1 is 1.30 bits per heavy atom. The minimum atomic E-state index is -4.16. The third-order valence-electron chi connectivity index (χ3n) is 4.39. The summed E-state index contributed by atoms with van der Waals surface area (Å²) < 4.78 is 36.9. The molecule has 1 aliphatic heterocycles. The number of rotatable bonds is 6. The van der Waals surface area contributed by atoms with Crippen LogP contribution in [0.25, 0.3) is 0 Å². The van der Waals surface area contributed by atoms with Gasteiger partial charge in [-0.05, 0) is 44.1 Å². The van der Waals surface area contributed by atoms with E-state index in [-0.39, 0.29) is 12.1 Å². The van der Waals surface area contributed by atoms with Crippen molar-refractivity contribution in [2.75, 3.05) is 26.2 Å². The van der Waals surface area contributed by atoms with Crippen LogP contribution in [0.4, 0.5) is 13.2 Å². The molecule has 2 N–H and O–H groups in total. The van der Waals surface area contributed by atoms with Crippen LogP contribution >= 0.6 is 0 Å². The maximum absolute atomic E-state index is 12.3. The van der Waals surface area contributed by atoms with E-state index in [4.69, 9.17) is 0 Å². The molecule has 0 aromatic rings. The number of alkyl halides is 3. The Hall–Kier alpha value is -0.330. The summed E-state index contributed by atoms with van der Waals surface area (Å²) in [5.41, 5.74) is 0. The second-order valence-corrected chi connectivity index (χ2v) is 6.29. The monoisotopic (exact) mass is 294 g/mol. The first-order valence-electron chi connectivity index (χ1n) is 7.58. The number of aliphatic hydroxyl groups is 1. The SMILES string of the molecule is CCN1CC(CC(O)C2CC2)CC(NCC(F)(F)F)C1. The quantitative estimate of drug-likeness (QED) is 0.786. The standard InChI is InChI=1S/C14H25F3N2O/c1-2-19-7-10(6-13(20)11-3-4-11)5-12(8-19)18-9-14(15,16)17/h10-13,18,20H,2-9H2,1H3. The molecule has 1 heterocycles. The van der Waals surface area contributed by atoms with Gasteiger partial charge in [-0.3, -0.25) is 0 Å². The lowest BCUT2D eigenvalue weighted by atomic mass is 9.88. The van der Waals surface area contributed by atoms with Gasteiger partial charge in [0, 0.05) is 19.1 Å². The minimum absolute atomic E-state index is 0.123. The highest BCUT2D eigenvalue weighted by Gasteiger charge is 2.35. The first-order chi connectivity index (χ1) is 9.37.